The zero-order valence-electron chi connectivity index (χ0n) is 25.0. The van der Waals surface area contributed by atoms with Gasteiger partial charge in [-0.25, -0.2) is 9.59 Å². The second kappa shape index (κ2) is 18.0. The number of hydrogen-bond donors (Lipinski definition) is 1. The van der Waals surface area contributed by atoms with Gasteiger partial charge in [0.25, 0.3) is 0 Å². The average molecular weight is 542 g/mol. The van der Waals surface area contributed by atoms with Crippen LogP contribution >= 0.6 is 0 Å². The van der Waals surface area contributed by atoms with Crippen LogP contribution in [0.15, 0.2) is 53.1 Å². The quantitative estimate of drug-likeness (QED) is 0.174. The van der Waals surface area contributed by atoms with E-state index in [1.54, 1.807) is 25.1 Å². The molecule has 0 saturated heterocycles. The molecule has 0 aliphatic rings. The molecule has 1 unspecified atom stereocenters. The van der Waals surface area contributed by atoms with Gasteiger partial charge >= 0.3 is 12.1 Å². The summed E-state index contributed by atoms with van der Waals surface area (Å²) in [5, 5.41) is 2.61. The fourth-order valence-corrected chi connectivity index (χ4v) is 3.72. The highest BCUT2D eigenvalue weighted by Crippen LogP contribution is 2.29. The number of nitrogens with one attached hydrogen (secondary N) is 1. The monoisotopic (exact) mass is 541 g/mol. The molecule has 0 radical (unpaired) electrons. The number of benzene rings is 1. The van der Waals surface area contributed by atoms with Gasteiger partial charge < -0.3 is 24.3 Å². The van der Waals surface area contributed by atoms with E-state index in [2.05, 4.69) is 38.2 Å². The van der Waals surface area contributed by atoms with Crippen LogP contribution < -0.4 is 14.8 Å². The standard InChI is InChI=1S/C32H47NO6/c1-22(2)11-9-12-24(5)13-10-14-25(6)19-20-38-31(35)30(23(3)4)33-32(36)39-28-18-17-27(16-15-26(7)34)21-29(28)37-8/h11,13,17-19,21,23,30H,9-10,12,14-16,20H2,1-8H3,(H,33,36). The lowest BCUT2D eigenvalue weighted by atomic mass is 10.1. The molecule has 216 valence electrons. The number of ketones is 1. The van der Waals surface area contributed by atoms with Crippen molar-refractivity contribution in [3.63, 3.8) is 0 Å². The average Bonchev–Trinajstić information content (AvgIpc) is 2.86. The van der Waals surface area contributed by atoms with Gasteiger partial charge in [-0.15, -0.1) is 0 Å². The van der Waals surface area contributed by atoms with Crippen molar-refractivity contribution < 1.29 is 28.6 Å². The van der Waals surface area contributed by atoms with E-state index in [1.165, 1.54) is 18.3 Å². The minimum absolute atomic E-state index is 0.0967. The summed E-state index contributed by atoms with van der Waals surface area (Å²) in [6.45, 7) is 13.7. The van der Waals surface area contributed by atoms with E-state index < -0.39 is 18.1 Å². The van der Waals surface area contributed by atoms with Crippen LogP contribution in [0.2, 0.25) is 0 Å². The van der Waals surface area contributed by atoms with E-state index in [1.807, 2.05) is 26.8 Å². The zero-order valence-corrected chi connectivity index (χ0v) is 25.0. The van der Waals surface area contributed by atoms with Gasteiger partial charge in [0.2, 0.25) is 0 Å². The predicted octanol–water partition coefficient (Wildman–Crippen LogP) is 7.29. The number of aryl methyl sites for hydroxylation is 1. The smallest absolute Gasteiger partial charge is 0.413 e. The molecule has 7 nitrogen and oxygen atoms in total. The molecule has 39 heavy (non-hydrogen) atoms. The first kappa shape index (κ1) is 33.7. The molecule has 0 aliphatic carbocycles. The van der Waals surface area contributed by atoms with Crippen LogP contribution in [0, 0.1) is 5.92 Å². The van der Waals surface area contributed by atoms with Crippen molar-refractivity contribution >= 4 is 17.8 Å². The molecule has 0 aromatic heterocycles. The van der Waals surface area contributed by atoms with Gasteiger partial charge in [-0.1, -0.05) is 48.8 Å². The van der Waals surface area contributed by atoms with Crippen LogP contribution in [-0.2, 0) is 20.7 Å². The van der Waals surface area contributed by atoms with E-state index >= 15 is 0 Å². The number of ether oxygens (including phenoxy) is 3. The van der Waals surface area contributed by atoms with Crippen molar-refractivity contribution in [2.75, 3.05) is 13.7 Å². The zero-order chi connectivity index (χ0) is 29.4. The Kier molecular flexibility index (Phi) is 15.6. The highest BCUT2D eigenvalue weighted by atomic mass is 16.6. The lowest BCUT2D eigenvalue weighted by molar-refractivity contribution is -0.145. The van der Waals surface area contributed by atoms with Gasteiger partial charge in [-0.2, -0.15) is 0 Å². The number of methoxy groups -OCH3 is 1. The Morgan fingerprint density at radius 3 is 2.10 bits per heavy atom. The lowest BCUT2D eigenvalue weighted by Crippen LogP contribution is -2.46. The van der Waals surface area contributed by atoms with Gasteiger partial charge in [0.05, 0.1) is 7.11 Å². The SMILES string of the molecule is COc1cc(CCC(C)=O)ccc1OC(=O)NC(C(=O)OCC=C(C)CCC=C(C)CCC=C(C)C)C(C)C. The first-order valence-electron chi connectivity index (χ1n) is 13.7. The van der Waals surface area contributed by atoms with Crippen LogP contribution in [0.1, 0.15) is 86.1 Å². The maximum atomic E-state index is 12.7. The van der Waals surface area contributed by atoms with Gasteiger partial charge in [-0.3, -0.25) is 0 Å². The molecule has 0 bridgehead atoms. The molecule has 1 aromatic carbocycles. The van der Waals surface area contributed by atoms with E-state index in [9.17, 15) is 14.4 Å². The Labute approximate surface area is 234 Å². The lowest BCUT2D eigenvalue weighted by Gasteiger charge is -2.20. The number of amides is 1. The summed E-state index contributed by atoms with van der Waals surface area (Å²) in [7, 11) is 1.47. The van der Waals surface area contributed by atoms with E-state index in [0.29, 0.717) is 18.6 Å². The number of carbonyl (C=O) groups excluding carboxylic acids is 3. The molecule has 1 amide bonds. The predicted molar refractivity (Wildman–Crippen MR) is 156 cm³/mol. The molecule has 1 atom stereocenters. The Balaban J connectivity index is 2.61. The van der Waals surface area contributed by atoms with Gasteiger partial charge in [-0.05, 0) is 96.4 Å². The molecule has 0 spiro atoms. The van der Waals surface area contributed by atoms with Crippen molar-refractivity contribution in [3.05, 3.63) is 58.7 Å². The van der Waals surface area contributed by atoms with Gasteiger partial charge in [0.15, 0.2) is 11.5 Å². The first-order chi connectivity index (χ1) is 18.4. The normalized spacial score (nSPS) is 12.5. The summed E-state index contributed by atoms with van der Waals surface area (Å²) in [5.74, 6) is -0.0388. The third-order valence-corrected chi connectivity index (χ3v) is 6.17. The molecule has 1 N–H and O–H groups in total. The molecule has 0 heterocycles. The number of Topliss-reactive ketones (excluding diaryl/α,β-unsaturated/α-hetero) is 1. The highest BCUT2D eigenvalue weighted by molar-refractivity contribution is 5.82. The fraction of sp³-hybridized carbons (Fsp3) is 0.531. The third-order valence-electron chi connectivity index (χ3n) is 6.17. The molecule has 7 heteroatoms. The maximum Gasteiger partial charge on any atom is 0.413 e. The number of carbonyl (C=O) groups is 3. The molecule has 1 aromatic rings. The second-order valence-electron chi connectivity index (χ2n) is 10.5. The van der Waals surface area contributed by atoms with Crippen LogP contribution in [0.5, 0.6) is 11.5 Å². The highest BCUT2D eigenvalue weighted by Gasteiger charge is 2.27. The molecule has 0 saturated carbocycles. The van der Waals surface area contributed by atoms with E-state index in [-0.39, 0.29) is 24.1 Å². The van der Waals surface area contributed by atoms with Gasteiger partial charge in [0.1, 0.15) is 18.4 Å². The molecular weight excluding hydrogens is 494 g/mol. The van der Waals surface area contributed by atoms with Crippen LogP contribution in [-0.4, -0.2) is 37.6 Å². The second-order valence-corrected chi connectivity index (χ2v) is 10.5. The fourth-order valence-electron chi connectivity index (χ4n) is 3.72. The summed E-state index contributed by atoms with van der Waals surface area (Å²) in [5.41, 5.74) is 4.76. The minimum Gasteiger partial charge on any atom is -0.493 e. The van der Waals surface area contributed by atoms with Crippen molar-refractivity contribution in [3.8, 4) is 11.5 Å². The van der Waals surface area contributed by atoms with Crippen LogP contribution in [0.25, 0.3) is 0 Å². The molecule has 0 aliphatic heterocycles. The molecule has 1 rings (SSSR count). The minimum atomic E-state index is -0.863. The molecule has 0 fully saturated rings. The Hall–Kier alpha value is -3.35. The number of hydrogen-bond acceptors (Lipinski definition) is 6. The van der Waals surface area contributed by atoms with E-state index in [0.717, 1.165) is 36.8 Å². The van der Waals surface area contributed by atoms with Crippen molar-refractivity contribution in [1.29, 1.82) is 0 Å². The topological polar surface area (TPSA) is 90.9 Å². The Bertz CT molecular complexity index is 1050. The number of allylic oxidation sites excluding steroid dienone is 5. The van der Waals surface area contributed by atoms with Crippen LogP contribution in [0.3, 0.4) is 0 Å². The van der Waals surface area contributed by atoms with E-state index in [4.69, 9.17) is 14.2 Å². The summed E-state index contributed by atoms with van der Waals surface area (Å²) in [6.07, 6.45) is 10.6. The largest absolute Gasteiger partial charge is 0.493 e. The van der Waals surface area contributed by atoms with Gasteiger partial charge in [0, 0.05) is 6.42 Å². The first-order valence-corrected chi connectivity index (χ1v) is 13.7. The van der Waals surface area contributed by atoms with Crippen molar-refractivity contribution in [2.24, 2.45) is 5.92 Å². The summed E-state index contributed by atoms with van der Waals surface area (Å²) < 4.78 is 16.2. The number of esters is 1. The molecular formula is C32H47NO6. The maximum absolute atomic E-state index is 12.7. The Morgan fingerprint density at radius 1 is 0.872 bits per heavy atom. The third kappa shape index (κ3) is 14.4. The van der Waals surface area contributed by atoms with Crippen LogP contribution in [0.4, 0.5) is 4.79 Å². The summed E-state index contributed by atoms with van der Waals surface area (Å²) in [4.78, 5) is 36.6. The number of rotatable bonds is 16. The van der Waals surface area contributed by atoms with Crippen molar-refractivity contribution in [2.45, 2.75) is 93.0 Å². The summed E-state index contributed by atoms with van der Waals surface area (Å²) >= 11 is 0. The van der Waals surface area contributed by atoms with Crippen molar-refractivity contribution in [1.82, 2.24) is 5.32 Å². The summed E-state index contributed by atoms with van der Waals surface area (Å²) in [6, 6.07) is 4.26. The Morgan fingerprint density at radius 2 is 1.51 bits per heavy atom.